The molecule has 2 aliphatic heterocycles. The number of allylic oxidation sites excluding steroid dienone is 1. The lowest BCUT2D eigenvalue weighted by molar-refractivity contribution is -0.384. The number of hydrogen-bond donors (Lipinski definition) is 1. The summed E-state index contributed by atoms with van der Waals surface area (Å²) in [6.07, 6.45) is 3.63. The van der Waals surface area contributed by atoms with Crippen molar-refractivity contribution in [2.45, 2.75) is 51.5 Å². The Morgan fingerprint density at radius 1 is 1.08 bits per heavy atom. The standard InChI is InChI=1S/C30H35N3O6/c1-4-39-30(35)27-26(22-13-10-14-23(19-22)33(36)37)25(29(34)38-3)20(2)31-28(27)24(32-17-8-9-18-32)16-15-21-11-6-5-7-12-21/h5-7,10-14,19,24,26,31H,4,8-9,15-18H2,1-3H3. The third-order valence-corrected chi connectivity index (χ3v) is 7.37. The number of nitro groups is 1. The van der Waals surface area contributed by atoms with Gasteiger partial charge in [0.05, 0.1) is 41.7 Å². The second-order valence-electron chi connectivity index (χ2n) is 9.77. The number of benzene rings is 2. The van der Waals surface area contributed by atoms with E-state index in [-0.39, 0.29) is 29.5 Å². The zero-order valence-electron chi connectivity index (χ0n) is 22.6. The van der Waals surface area contributed by atoms with Gasteiger partial charge in [-0.25, -0.2) is 9.59 Å². The first kappa shape index (κ1) is 28.0. The molecule has 2 aromatic carbocycles. The summed E-state index contributed by atoms with van der Waals surface area (Å²) in [7, 11) is 1.28. The lowest BCUT2D eigenvalue weighted by Crippen LogP contribution is -2.44. The van der Waals surface area contributed by atoms with E-state index in [0.29, 0.717) is 17.0 Å². The first-order valence-corrected chi connectivity index (χ1v) is 13.3. The monoisotopic (exact) mass is 533 g/mol. The number of carbonyl (C=O) groups excluding carboxylic acids is 2. The fraction of sp³-hybridized carbons (Fsp3) is 0.400. The molecule has 0 aromatic heterocycles. The number of rotatable bonds is 10. The quantitative estimate of drug-likeness (QED) is 0.267. The Morgan fingerprint density at radius 2 is 1.79 bits per heavy atom. The summed E-state index contributed by atoms with van der Waals surface area (Å²) in [5, 5.41) is 15.0. The van der Waals surface area contributed by atoms with Crippen molar-refractivity contribution in [1.29, 1.82) is 0 Å². The van der Waals surface area contributed by atoms with Gasteiger partial charge in [0.2, 0.25) is 0 Å². The minimum atomic E-state index is -0.894. The SMILES string of the molecule is CCOC(=O)C1=C(C(CCc2ccccc2)N2CCCC2)NC(C)=C(C(=O)OC)C1c1cccc([N+](=O)[O-])c1. The molecule has 2 aromatic rings. The third-order valence-electron chi connectivity index (χ3n) is 7.37. The van der Waals surface area contributed by atoms with Crippen LogP contribution >= 0.6 is 0 Å². The molecule has 9 nitrogen and oxygen atoms in total. The van der Waals surface area contributed by atoms with E-state index in [1.165, 1.54) is 24.8 Å². The van der Waals surface area contributed by atoms with Crippen LogP contribution in [0.5, 0.6) is 0 Å². The molecule has 2 aliphatic rings. The Hall–Kier alpha value is -3.98. The van der Waals surface area contributed by atoms with Crippen molar-refractivity contribution in [1.82, 2.24) is 10.2 Å². The summed E-state index contributed by atoms with van der Waals surface area (Å²) in [6.45, 7) is 5.42. The van der Waals surface area contributed by atoms with Gasteiger partial charge in [-0.2, -0.15) is 0 Å². The largest absolute Gasteiger partial charge is 0.466 e. The molecule has 1 fully saturated rings. The van der Waals surface area contributed by atoms with Crippen molar-refractivity contribution in [2.75, 3.05) is 26.8 Å². The lowest BCUT2D eigenvalue weighted by Gasteiger charge is -2.38. The molecule has 0 bridgehead atoms. The number of nitrogens with one attached hydrogen (secondary N) is 1. The van der Waals surface area contributed by atoms with Crippen molar-refractivity contribution in [2.24, 2.45) is 0 Å². The van der Waals surface area contributed by atoms with E-state index in [1.54, 1.807) is 26.0 Å². The van der Waals surface area contributed by atoms with E-state index in [9.17, 15) is 19.7 Å². The van der Waals surface area contributed by atoms with Crippen LogP contribution in [0.3, 0.4) is 0 Å². The van der Waals surface area contributed by atoms with Crippen molar-refractivity contribution < 1.29 is 24.0 Å². The fourth-order valence-corrected chi connectivity index (χ4v) is 5.60. The molecule has 1 N–H and O–H groups in total. The number of aryl methyl sites for hydroxylation is 1. The number of esters is 2. The van der Waals surface area contributed by atoms with Crippen molar-refractivity contribution >= 4 is 17.6 Å². The molecule has 0 aliphatic carbocycles. The molecule has 2 heterocycles. The Labute approximate surface area is 228 Å². The second kappa shape index (κ2) is 12.7. The van der Waals surface area contributed by atoms with Crippen LogP contribution in [-0.4, -0.2) is 54.6 Å². The maximum absolute atomic E-state index is 13.7. The van der Waals surface area contributed by atoms with Crippen LogP contribution in [0.15, 0.2) is 77.1 Å². The maximum Gasteiger partial charge on any atom is 0.336 e. The minimum absolute atomic E-state index is 0.127. The van der Waals surface area contributed by atoms with Gasteiger partial charge in [0.25, 0.3) is 5.69 Å². The summed E-state index contributed by atoms with van der Waals surface area (Å²) in [6, 6.07) is 16.1. The number of dihydropyridines is 1. The molecule has 2 atom stereocenters. The van der Waals surface area contributed by atoms with E-state index >= 15 is 0 Å². The van der Waals surface area contributed by atoms with Crippen LogP contribution in [0.25, 0.3) is 0 Å². The summed E-state index contributed by atoms with van der Waals surface area (Å²) in [4.78, 5) is 40.3. The van der Waals surface area contributed by atoms with Gasteiger partial charge in [-0.05, 0) is 63.7 Å². The van der Waals surface area contributed by atoms with E-state index in [0.717, 1.165) is 38.8 Å². The van der Waals surface area contributed by atoms with E-state index in [4.69, 9.17) is 9.47 Å². The number of hydrogen-bond acceptors (Lipinski definition) is 8. The summed E-state index contributed by atoms with van der Waals surface area (Å²) < 4.78 is 10.7. The Bertz CT molecular complexity index is 1280. The first-order chi connectivity index (χ1) is 18.8. The summed E-state index contributed by atoms with van der Waals surface area (Å²) in [5.41, 5.74) is 3.25. The molecule has 0 spiro atoms. The van der Waals surface area contributed by atoms with Crippen LogP contribution in [0.2, 0.25) is 0 Å². The third kappa shape index (κ3) is 6.20. The average molecular weight is 534 g/mol. The van der Waals surface area contributed by atoms with Crippen LogP contribution in [0.4, 0.5) is 5.69 Å². The van der Waals surface area contributed by atoms with Crippen molar-refractivity contribution in [3.05, 3.63) is 98.4 Å². The van der Waals surface area contributed by atoms with Crippen LogP contribution < -0.4 is 5.32 Å². The van der Waals surface area contributed by atoms with Crippen LogP contribution in [0, 0.1) is 10.1 Å². The predicted molar refractivity (Wildman–Crippen MR) is 147 cm³/mol. The molecule has 2 unspecified atom stereocenters. The zero-order valence-corrected chi connectivity index (χ0v) is 22.6. The Balaban J connectivity index is 1.91. The highest BCUT2D eigenvalue weighted by Gasteiger charge is 2.42. The number of nitro benzene ring substituents is 1. The number of methoxy groups -OCH3 is 1. The second-order valence-corrected chi connectivity index (χ2v) is 9.77. The normalized spacial score (nSPS) is 18.5. The lowest BCUT2D eigenvalue weighted by atomic mass is 9.78. The summed E-state index contributed by atoms with van der Waals surface area (Å²) >= 11 is 0. The van der Waals surface area contributed by atoms with E-state index in [2.05, 4.69) is 22.3 Å². The van der Waals surface area contributed by atoms with Crippen molar-refractivity contribution in [3.8, 4) is 0 Å². The highest BCUT2D eigenvalue weighted by atomic mass is 16.6. The molecule has 9 heteroatoms. The van der Waals surface area contributed by atoms with Gasteiger partial charge in [-0.3, -0.25) is 15.0 Å². The number of non-ortho nitro benzene ring substituents is 1. The van der Waals surface area contributed by atoms with Crippen molar-refractivity contribution in [3.63, 3.8) is 0 Å². The molecular formula is C30H35N3O6. The van der Waals surface area contributed by atoms with E-state index < -0.39 is 22.8 Å². The molecule has 39 heavy (non-hydrogen) atoms. The van der Waals surface area contributed by atoms with Gasteiger partial charge >= 0.3 is 11.9 Å². The number of ether oxygens (including phenoxy) is 2. The smallest absolute Gasteiger partial charge is 0.336 e. The molecular weight excluding hydrogens is 498 g/mol. The summed E-state index contributed by atoms with van der Waals surface area (Å²) in [5.74, 6) is -2.07. The Morgan fingerprint density at radius 3 is 2.44 bits per heavy atom. The van der Waals surface area contributed by atoms with Gasteiger partial charge in [0.1, 0.15) is 0 Å². The molecule has 206 valence electrons. The molecule has 4 rings (SSSR count). The van der Waals surface area contributed by atoms with Gasteiger partial charge in [0.15, 0.2) is 0 Å². The topological polar surface area (TPSA) is 111 Å². The van der Waals surface area contributed by atoms with Gasteiger partial charge < -0.3 is 14.8 Å². The Kier molecular flexibility index (Phi) is 9.14. The van der Waals surface area contributed by atoms with Crippen LogP contribution in [0.1, 0.15) is 50.2 Å². The highest BCUT2D eigenvalue weighted by Crippen LogP contribution is 2.42. The zero-order chi connectivity index (χ0) is 27.9. The molecule has 1 saturated heterocycles. The number of likely N-dealkylation sites (tertiary alicyclic amines) is 1. The predicted octanol–water partition coefficient (Wildman–Crippen LogP) is 4.64. The molecule has 0 saturated carbocycles. The number of carbonyl (C=O) groups is 2. The fourth-order valence-electron chi connectivity index (χ4n) is 5.60. The minimum Gasteiger partial charge on any atom is -0.466 e. The van der Waals surface area contributed by atoms with Gasteiger partial charge in [0, 0.05) is 23.5 Å². The molecule has 0 radical (unpaired) electrons. The van der Waals surface area contributed by atoms with Gasteiger partial charge in [-0.15, -0.1) is 0 Å². The van der Waals surface area contributed by atoms with Gasteiger partial charge in [-0.1, -0.05) is 42.5 Å². The first-order valence-electron chi connectivity index (χ1n) is 13.3. The van der Waals surface area contributed by atoms with E-state index in [1.807, 2.05) is 18.2 Å². The maximum atomic E-state index is 13.7. The number of nitrogens with zero attached hydrogens (tertiary/aromatic N) is 2. The molecule has 0 amide bonds. The van der Waals surface area contributed by atoms with Crippen LogP contribution in [-0.2, 0) is 25.5 Å². The highest BCUT2D eigenvalue weighted by molar-refractivity contribution is 6.00. The average Bonchev–Trinajstić information content (AvgIpc) is 3.48.